The van der Waals surface area contributed by atoms with E-state index < -0.39 is 5.54 Å². The molecule has 0 radical (unpaired) electrons. The number of hydrogen-bond donors (Lipinski definition) is 2. The van der Waals surface area contributed by atoms with Crippen molar-refractivity contribution in [2.45, 2.75) is 37.8 Å². The van der Waals surface area contributed by atoms with Crippen LogP contribution in [0.1, 0.15) is 36.9 Å². The van der Waals surface area contributed by atoms with Gasteiger partial charge in [-0.25, -0.2) is 0 Å². The average molecular weight is 348 g/mol. The second kappa shape index (κ2) is 8.73. The van der Waals surface area contributed by atoms with Crippen LogP contribution in [0.5, 0.6) is 0 Å². The molecule has 22 heavy (non-hydrogen) atoms. The van der Waals surface area contributed by atoms with Crippen molar-refractivity contribution in [2.24, 2.45) is 5.73 Å². The first-order valence-corrected chi connectivity index (χ1v) is 7.29. The summed E-state index contributed by atoms with van der Waals surface area (Å²) in [5.41, 5.74) is 7.85. The molecule has 4 nitrogen and oxygen atoms in total. The molecule has 0 bridgehead atoms. The van der Waals surface area contributed by atoms with Crippen LogP contribution in [0.4, 0.5) is 0 Å². The number of rotatable bonds is 6. The van der Waals surface area contributed by atoms with E-state index in [1.807, 2.05) is 14.1 Å². The van der Waals surface area contributed by atoms with Crippen molar-refractivity contribution in [3.8, 4) is 0 Å². The topological polar surface area (TPSA) is 58.4 Å². The Kier molecular flexibility index (Phi) is 8.40. The summed E-state index contributed by atoms with van der Waals surface area (Å²) in [5, 5.41) is 2.99. The van der Waals surface area contributed by atoms with Gasteiger partial charge in [-0.2, -0.15) is 0 Å². The molecule has 1 aliphatic carbocycles. The molecule has 0 aliphatic heterocycles. The average Bonchev–Trinajstić information content (AvgIpc) is 3.18. The fraction of sp³-hybridized carbons (Fsp3) is 0.562. The van der Waals surface area contributed by atoms with Gasteiger partial charge in [0.15, 0.2) is 0 Å². The smallest absolute Gasteiger partial charge is 0.240 e. The SMILES string of the molecule is CCc1ccc(C(CNC(=O)C2(N)CC2)N(C)C)cc1.Cl.Cl. The van der Waals surface area contributed by atoms with E-state index in [2.05, 4.69) is 41.4 Å². The van der Waals surface area contributed by atoms with E-state index in [1.54, 1.807) is 0 Å². The Hall–Kier alpha value is -0.810. The predicted molar refractivity (Wildman–Crippen MR) is 95.9 cm³/mol. The summed E-state index contributed by atoms with van der Waals surface area (Å²) in [7, 11) is 4.06. The van der Waals surface area contributed by atoms with E-state index in [1.165, 1.54) is 11.1 Å². The first-order valence-electron chi connectivity index (χ1n) is 7.29. The lowest BCUT2D eigenvalue weighted by molar-refractivity contribution is -0.123. The number of carbonyl (C=O) groups is 1. The summed E-state index contributed by atoms with van der Waals surface area (Å²) in [6, 6.07) is 8.76. The summed E-state index contributed by atoms with van der Waals surface area (Å²) >= 11 is 0. The molecule has 6 heteroatoms. The quantitative estimate of drug-likeness (QED) is 0.829. The van der Waals surface area contributed by atoms with Crippen molar-refractivity contribution in [3.05, 3.63) is 35.4 Å². The van der Waals surface area contributed by atoms with Gasteiger partial charge in [0.2, 0.25) is 5.91 Å². The van der Waals surface area contributed by atoms with Gasteiger partial charge >= 0.3 is 0 Å². The standard InChI is InChI=1S/C16H25N3O.2ClH/c1-4-12-5-7-13(8-6-12)14(19(2)3)11-18-15(20)16(17)9-10-16;;/h5-8,14H,4,9-11,17H2,1-3H3,(H,18,20);2*1H. The van der Waals surface area contributed by atoms with Crippen LogP contribution in [-0.2, 0) is 11.2 Å². The van der Waals surface area contributed by atoms with Crippen LogP contribution in [0.25, 0.3) is 0 Å². The summed E-state index contributed by atoms with van der Waals surface area (Å²) in [6.45, 7) is 2.74. The number of amides is 1. The van der Waals surface area contributed by atoms with Crippen LogP contribution in [0.2, 0.25) is 0 Å². The van der Waals surface area contributed by atoms with Crippen molar-refractivity contribution < 1.29 is 4.79 Å². The lowest BCUT2D eigenvalue weighted by Gasteiger charge is -2.26. The van der Waals surface area contributed by atoms with Gasteiger partial charge in [-0.05, 0) is 44.5 Å². The van der Waals surface area contributed by atoms with Crippen molar-refractivity contribution in [1.29, 1.82) is 0 Å². The molecule has 0 heterocycles. The van der Waals surface area contributed by atoms with Crippen molar-refractivity contribution in [2.75, 3.05) is 20.6 Å². The number of benzene rings is 1. The highest BCUT2D eigenvalue weighted by Crippen LogP contribution is 2.32. The fourth-order valence-corrected chi connectivity index (χ4v) is 2.30. The van der Waals surface area contributed by atoms with Crippen molar-refractivity contribution in [3.63, 3.8) is 0 Å². The normalized spacial score (nSPS) is 16.2. The molecule has 1 fully saturated rings. The molecule has 1 aliphatic rings. The van der Waals surface area contributed by atoms with E-state index in [4.69, 9.17) is 5.73 Å². The zero-order chi connectivity index (χ0) is 14.8. The van der Waals surface area contributed by atoms with Gasteiger partial charge in [-0.1, -0.05) is 31.2 Å². The van der Waals surface area contributed by atoms with Gasteiger partial charge in [0, 0.05) is 6.54 Å². The summed E-state index contributed by atoms with van der Waals surface area (Å²) in [4.78, 5) is 14.1. The van der Waals surface area contributed by atoms with E-state index in [-0.39, 0.29) is 36.8 Å². The summed E-state index contributed by atoms with van der Waals surface area (Å²) < 4.78 is 0. The Morgan fingerprint density at radius 2 is 1.82 bits per heavy atom. The van der Waals surface area contributed by atoms with Gasteiger partial charge < -0.3 is 16.0 Å². The van der Waals surface area contributed by atoms with Gasteiger partial charge in [-0.3, -0.25) is 4.79 Å². The third-order valence-corrected chi connectivity index (χ3v) is 4.09. The van der Waals surface area contributed by atoms with Crippen LogP contribution in [0.3, 0.4) is 0 Å². The van der Waals surface area contributed by atoms with Gasteiger partial charge in [0.25, 0.3) is 0 Å². The maximum Gasteiger partial charge on any atom is 0.240 e. The first kappa shape index (κ1) is 21.2. The zero-order valence-electron chi connectivity index (χ0n) is 13.5. The summed E-state index contributed by atoms with van der Waals surface area (Å²) in [5.74, 6) is -0.0190. The van der Waals surface area contributed by atoms with E-state index in [0.29, 0.717) is 6.54 Å². The Labute approximate surface area is 145 Å². The highest BCUT2D eigenvalue weighted by atomic mass is 35.5. The molecule has 1 saturated carbocycles. The number of carbonyl (C=O) groups excluding carboxylic acids is 1. The third kappa shape index (κ3) is 5.13. The first-order chi connectivity index (χ1) is 9.46. The molecular formula is C16H27Cl2N3O. The Bertz CT molecular complexity index is 473. The minimum atomic E-state index is -0.594. The number of nitrogens with two attached hydrogens (primary N) is 1. The number of hydrogen-bond acceptors (Lipinski definition) is 3. The maximum atomic E-state index is 11.9. The van der Waals surface area contributed by atoms with Crippen LogP contribution in [-0.4, -0.2) is 37.0 Å². The molecule has 2 rings (SSSR count). The number of likely N-dealkylation sites (N-methyl/N-ethyl adjacent to an activating group) is 1. The molecule has 1 amide bonds. The van der Waals surface area contributed by atoms with Gasteiger partial charge in [0.1, 0.15) is 0 Å². The molecule has 1 unspecified atom stereocenters. The van der Waals surface area contributed by atoms with E-state index in [0.717, 1.165) is 19.3 Å². The van der Waals surface area contributed by atoms with Crippen molar-refractivity contribution in [1.82, 2.24) is 10.2 Å². The maximum absolute atomic E-state index is 11.9. The zero-order valence-corrected chi connectivity index (χ0v) is 15.1. The second-order valence-electron chi connectivity index (χ2n) is 5.94. The third-order valence-electron chi connectivity index (χ3n) is 4.09. The largest absolute Gasteiger partial charge is 0.353 e. The number of aryl methyl sites for hydroxylation is 1. The van der Waals surface area contributed by atoms with Gasteiger partial charge in [0.05, 0.1) is 11.6 Å². The molecule has 0 aromatic heterocycles. The predicted octanol–water partition coefficient (Wildman–Crippen LogP) is 2.30. The molecule has 0 saturated heterocycles. The molecule has 0 spiro atoms. The Morgan fingerprint density at radius 1 is 1.27 bits per heavy atom. The molecule has 126 valence electrons. The molecule has 1 aromatic rings. The number of nitrogens with one attached hydrogen (secondary N) is 1. The minimum Gasteiger partial charge on any atom is -0.353 e. The second-order valence-corrected chi connectivity index (χ2v) is 5.94. The molecule has 1 aromatic carbocycles. The highest BCUT2D eigenvalue weighted by molar-refractivity contribution is 5.89. The Balaban J connectivity index is 0.00000220. The van der Waals surface area contributed by atoms with Crippen LogP contribution < -0.4 is 11.1 Å². The molecule has 3 N–H and O–H groups in total. The minimum absolute atomic E-state index is 0. The van der Waals surface area contributed by atoms with Crippen LogP contribution in [0, 0.1) is 0 Å². The molecular weight excluding hydrogens is 321 g/mol. The summed E-state index contributed by atoms with van der Waals surface area (Å²) in [6.07, 6.45) is 2.65. The van der Waals surface area contributed by atoms with Gasteiger partial charge in [-0.15, -0.1) is 24.8 Å². The lowest BCUT2D eigenvalue weighted by Crippen LogP contribution is -2.45. The fourth-order valence-electron chi connectivity index (χ4n) is 2.30. The van der Waals surface area contributed by atoms with Crippen molar-refractivity contribution >= 4 is 30.7 Å². The number of halogens is 2. The van der Waals surface area contributed by atoms with E-state index >= 15 is 0 Å². The molecule has 1 atom stereocenters. The van der Waals surface area contributed by atoms with Crippen LogP contribution in [0.15, 0.2) is 24.3 Å². The highest BCUT2D eigenvalue weighted by Gasteiger charge is 2.45. The van der Waals surface area contributed by atoms with Crippen LogP contribution >= 0.6 is 24.8 Å². The number of nitrogens with zero attached hydrogens (tertiary/aromatic N) is 1. The monoisotopic (exact) mass is 347 g/mol. The Morgan fingerprint density at radius 3 is 2.23 bits per heavy atom. The van der Waals surface area contributed by atoms with E-state index in [9.17, 15) is 4.79 Å². The lowest BCUT2D eigenvalue weighted by atomic mass is 10.0.